The first-order valence-electron chi connectivity index (χ1n) is 3.77. The molecule has 0 aromatic carbocycles. The van der Waals surface area contributed by atoms with Gasteiger partial charge in [-0.1, -0.05) is 23.1 Å². The Balaban J connectivity index is 1.98. The Hall–Kier alpha value is -0.140. The fourth-order valence-electron chi connectivity index (χ4n) is 0.628. The zero-order chi connectivity index (χ0) is 10.2. The van der Waals surface area contributed by atoms with Crippen LogP contribution in [0.1, 0.15) is 6.42 Å². The lowest BCUT2D eigenvalue weighted by atomic mass is 10.5. The fourth-order valence-corrected chi connectivity index (χ4v) is 3.34. The summed E-state index contributed by atoms with van der Waals surface area (Å²) in [4.78, 5) is 0. The van der Waals surface area contributed by atoms with Crippen molar-refractivity contribution in [2.24, 2.45) is 0 Å². The highest BCUT2D eigenvalue weighted by Crippen LogP contribution is 2.23. The van der Waals surface area contributed by atoms with E-state index < -0.39 is 6.08 Å². The quantitative estimate of drug-likeness (QED) is 0.441. The number of hydrogen-bond acceptors (Lipinski definition) is 5. The van der Waals surface area contributed by atoms with Crippen LogP contribution < -0.4 is 0 Å². The van der Waals surface area contributed by atoms with Crippen LogP contribution in [0.4, 0.5) is 8.78 Å². The van der Waals surface area contributed by atoms with E-state index in [-0.39, 0.29) is 0 Å². The number of allylic oxidation sites excluding steroid dienone is 1. The first-order valence-corrected chi connectivity index (χ1v) is 6.79. The van der Waals surface area contributed by atoms with E-state index in [1.807, 2.05) is 0 Å². The number of thioether (sulfide) groups is 2. The van der Waals surface area contributed by atoms with Crippen LogP contribution in [-0.4, -0.2) is 21.0 Å². The van der Waals surface area contributed by atoms with Gasteiger partial charge in [0.15, 0.2) is 4.34 Å². The lowest BCUT2D eigenvalue weighted by Crippen LogP contribution is -1.78. The Labute approximate surface area is 93.2 Å². The van der Waals surface area contributed by atoms with Gasteiger partial charge in [0.05, 0.1) is 0 Å². The van der Waals surface area contributed by atoms with Crippen molar-refractivity contribution in [2.45, 2.75) is 10.8 Å². The summed E-state index contributed by atoms with van der Waals surface area (Å²) in [6.45, 7) is 0. The Morgan fingerprint density at radius 2 is 2.43 bits per heavy atom. The van der Waals surface area contributed by atoms with Gasteiger partial charge in [0, 0.05) is 5.08 Å². The molecule has 0 N–H and O–H groups in total. The van der Waals surface area contributed by atoms with Crippen LogP contribution >= 0.6 is 34.9 Å². The lowest BCUT2D eigenvalue weighted by Gasteiger charge is -1.95. The monoisotopic (exact) mass is 254 g/mol. The zero-order valence-corrected chi connectivity index (χ0v) is 9.60. The van der Waals surface area contributed by atoms with Crippen LogP contribution in [0.3, 0.4) is 0 Å². The van der Waals surface area contributed by atoms with Crippen molar-refractivity contribution in [2.75, 3.05) is 10.8 Å². The number of nitrogens with zero attached hydrogens (tertiary/aromatic N) is 2. The van der Waals surface area contributed by atoms with Crippen molar-refractivity contribution in [1.82, 2.24) is 10.2 Å². The van der Waals surface area contributed by atoms with Gasteiger partial charge in [0.1, 0.15) is 5.51 Å². The molecule has 14 heavy (non-hydrogen) atoms. The molecule has 0 saturated heterocycles. The highest BCUT2D eigenvalue weighted by atomic mass is 32.2. The molecule has 1 rings (SSSR count). The molecule has 1 aromatic heterocycles. The van der Waals surface area contributed by atoms with Gasteiger partial charge in [-0.3, -0.25) is 0 Å². The minimum atomic E-state index is -1.60. The summed E-state index contributed by atoms with van der Waals surface area (Å²) < 4.78 is 24.1. The average Bonchev–Trinajstić information content (AvgIpc) is 2.63. The summed E-state index contributed by atoms with van der Waals surface area (Å²) in [6, 6.07) is 0. The van der Waals surface area contributed by atoms with Crippen LogP contribution in [0, 0.1) is 0 Å². The zero-order valence-electron chi connectivity index (χ0n) is 7.15. The number of halogens is 2. The molecule has 1 heterocycles. The topological polar surface area (TPSA) is 25.8 Å². The molecule has 0 spiro atoms. The highest BCUT2D eigenvalue weighted by molar-refractivity contribution is 8.16. The fraction of sp³-hybridized carbons (Fsp3) is 0.429. The van der Waals surface area contributed by atoms with Crippen molar-refractivity contribution in [3.63, 3.8) is 0 Å². The second kappa shape index (κ2) is 7.19. The van der Waals surface area contributed by atoms with Crippen LogP contribution in [-0.2, 0) is 0 Å². The third kappa shape index (κ3) is 5.56. The molecule has 0 unspecified atom stereocenters. The van der Waals surface area contributed by atoms with E-state index in [1.54, 1.807) is 29.0 Å². The van der Waals surface area contributed by atoms with E-state index >= 15 is 0 Å². The van der Waals surface area contributed by atoms with Crippen molar-refractivity contribution in [1.29, 1.82) is 0 Å². The Morgan fingerprint density at radius 3 is 3.07 bits per heavy atom. The molecule has 7 heteroatoms. The summed E-state index contributed by atoms with van der Waals surface area (Å²) in [5.41, 5.74) is 1.67. The van der Waals surface area contributed by atoms with E-state index in [4.69, 9.17) is 0 Å². The van der Waals surface area contributed by atoms with E-state index in [0.29, 0.717) is 12.2 Å². The Kier molecular flexibility index (Phi) is 6.13. The molecule has 0 radical (unpaired) electrons. The summed E-state index contributed by atoms with van der Waals surface area (Å²) in [5.74, 6) is 0.711. The number of hydrogen-bond donors (Lipinski definition) is 0. The molecule has 0 aliphatic rings. The average molecular weight is 254 g/mol. The summed E-state index contributed by atoms with van der Waals surface area (Å²) >= 11 is 4.69. The lowest BCUT2D eigenvalue weighted by molar-refractivity contribution is 0.418. The normalized spacial score (nSPS) is 10.1. The largest absolute Gasteiger partial charge is 0.266 e. The van der Waals surface area contributed by atoms with E-state index in [2.05, 4.69) is 10.2 Å². The molecule has 1 aromatic rings. The third-order valence-electron chi connectivity index (χ3n) is 1.17. The standard InChI is InChI=1S/C7H8F2N2S3/c8-6(9)2-1-3-12-5-14-7-11-10-4-13-7/h2,4H,1,3,5H2. The van der Waals surface area contributed by atoms with Crippen LogP contribution in [0.5, 0.6) is 0 Å². The molecule has 0 aliphatic carbocycles. The molecule has 0 atom stereocenters. The Bertz CT molecular complexity index is 272. The van der Waals surface area contributed by atoms with E-state index in [0.717, 1.165) is 15.5 Å². The molecule has 0 fully saturated rings. The molecule has 2 nitrogen and oxygen atoms in total. The maximum absolute atomic E-state index is 11.6. The predicted octanol–water partition coefficient (Wildman–Crippen LogP) is 3.49. The molecule has 0 saturated carbocycles. The first-order chi connectivity index (χ1) is 6.79. The van der Waals surface area contributed by atoms with Crippen molar-refractivity contribution < 1.29 is 8.78 Å². The molecule has 0 bridgehead atoms. The van der Waals surface area contributed by atoms with Gasteiger partial charge in [-0.25, -0.2) is 0 Å². The Morgan fingerprint density at radius 1 is 1.57 bits per heavy atom. The molecule has 0 amide bonds. The maximum atomic E-state index is 11.6. The highest BCUT2D eigenvalue weighted by Gasteiger charge is 1.97. The summed E-state index contributed by atoms with van der Waals surface area (Å²) in [7, 11) is 0. The SMILES string of the molecule is FC(F)=CCCSCSc1nncs1. The maximum Gasteiger partial charge on any atom is 0.266 e. The van der Waals surface area contributed by atoms with Crippen molar-refractivity contribution in [3.8, 4) is 0 Å². The predicted molar refractivity (Wildman–Crippen MR) is 58.0 cm³/mol. The van der Waals surface area contributed by atoms with Crippen molar-refractivity contribution >= 4 is 34.9 Å². The molecule has 78 valence electrons. The van der Waals surface area contributed by atoms with Gasteiger partial charge >= 0.3 is 0 Å². The molecule has 0 aliphatic heterocycles. The molecular formula is C7H8F2N2S3. The third-order valence-corrected chi connectivity index (χ3v) is 4.28. The van der Waals surface area contributed by atoms with Gasteiger partial charge in [-0.2, -0.15) is 20.5 Å². The van der Waals surface area contributed by atoms with Gasteiger partial charge in [0.2, 0.25) is 0 Å². The minimum Gasteiger partial charge on any atom is -0.174 e. The first kappa shape index (κ1) is 11.9. The van der Waals surface area contributed by atoms with Gasteiger partial charge < -0.3 is 0 Å². The summed E-state index contributed by atoms with van der Waals surface area (Å²) in [6.07, 6.45) is -0.228. The van der Waals surface area contributed by atoms with Crippen molar-refractivity contribution in [3.05, 3.63) is 17.7 Å². The van der Waals surface area contributed by atoms with Gasteiger partial charge in [-0.15, -0.1) is 10.2 Å². The minimum absolute atomic E-state index is 0.420. The molecular weight excluding hydrogens is 246 g/mol. The van der Waals surface area contributed by atoms with Crippen LogP contribution in [0.2, 0.25) is 0 Å². The van der Waals surface area contributed by atoms with Gasteiger partial charge in [0.25, 0.3) is 6.08 Å². The second-order valence-electron chi connectivity index (χ2n) is 2.16. The number of aromatic nitrogens is 2. The van der Waals surface area contributed by atoms with Crippen LogP contribution in [0.25, 0.3) is 0 Å². The van der Waals surface area contributed by atoms with E-state index in [9.17, 15) is 8.78 Å². The second-order valence-corrected chi connectivity index (χ2v) is 5.68. The summed E-state index contributed by atoms with van der Waals surface area (Å²) in [5, 5.41) is 8.37. The van der Waals surface area contributed by atoms with Gasteiger partial charge in [-0.05, 0) is 18.2 Å². The van der Waals surface area contributed by atoms with E-state index in [1.165, 1.54) is 11.3 Å². The van der Waals surface area contributed by atoms with Crippen LogP contribution in [0.15, 0.2) is 22.0 Å². The smallest absolute Gasteiger partial charge is 0.174 e. The number of rotatable bonds is 6.